The van der Waals surface area contributed by atoms with E-state index in [9.17, 15) is 0 Å². The fourth-order valence-electron chi connectivity index (χ4n) is 6.71. The predicted octanol–water partition coefficient (Wildman–Crippen LogP) is 5.15. The molecule has 0 aliphatic heterocycles. The third-order valence-corrected chi connectivity index (χ3v) is 7.44. The Labute approximate surface area is 131 Å². The van der Waals surface area contributed by atoms with E-state index in [1.54, 1.807) is 32.1 Å². The Bertz CT molecular complexity index is 322. The van der Waals surface area contributed by atoms with Gasteiger partial charge in [-0.05, 0) is 81.0 Å². The second-order valence-corrected chi connectivity index (χ2v) is 8.98. The molecule has 5 aliphatic carbocycles. The summed E-state index contributed by atoms with van der Waals surface area (Å²) in [7, 11) is 0. The van der Waals surface area contributed by atoms with Gasteiger partial charge in [-0.25, -0.2) is 0 Å². The minimum atomic E-state index is 0.856. The minimum Gasteiger partial charge on any atom is -0.311 e. The van der Waals surface area contributed by atoms with Crippen LogP contribution in [0.25, 0.3) is 0 Å². The summed E-state index contributed by atoms with van der Waals surface area (Å²) in [6, 6.07) is 1.76. The monoisotopic (exact) mass is 289 g/mol. The quantitative estimate of drug-likeness (QED) is 0.706. The molecule has 0 aromatic heterocycles. The van der Waals surface area contributed by atoms with Gasteiger partial charge >= 0.3 is 0 Å². The van der Waals surface area contributed by atoms with Gasteiger partial charge < -0.3 is 5.32 Å². The summed E-state index contributed by atoms with van der Waals surface area (Å²) in [6.45, 7) is 2.36. The normalized spacial score (nSPS) is 49.3. The highest BCUT2D eigenvalue weighted by Crippen LogP contribution is 2.53. The van der Waals surface area contributed by atoms with E-state index < -0.39 is 0 Å². The molecule has 0 heterocycles. The van der Waals surface area contributed by atoms with E-state index >= 15 is 0 Å². The summed E-state index contributed by atoms with van der Waals surface area (Å²) >= 11 is 0. The zero-order valence-corrected chi connectivity index (χ0v) is 14.0. The second-order valence-electron chi connectivity index (χ2n) is 8.98. The second kappa shape index (κ2) is 6.22. The molecule has 5 rings (SSSR count). The van der Waals surface area contributed by atoms with Crippen molar-refractivity contribution in [1.82, 2.24) is 5.32 Å². The molecule has 5 saturated carbocycles. The van der Waals surface area contributed by atoms with Gasteiger partial charge in [0, 0.05) is 12.1 Å². The lowest BCUT2D eigenvalue weighted by Gasteiger charge is -2.55. The molecule has 0 aromatic rings. The van der Waals surface area contributed by atoms with E-state index in [-0.39, 0.29) is 0 Å². The first-order valence-electron chi connectivity index (χ1n) is 10.1. The average Bonchev–Trinajstić information content (AvgIpc) is 2.68. The van der Waals surface area contributed by atoms with Crippen molar-refractivity contribution in [2.24, 2.45) is 29.6 Å². The third kappa shape index (κ3) is 3.05. The first-order valence-corrected chi connectivity index (χ1v) is 10.1. The van der Waals surface area contributed by atoms with Crippen molar-refractivity contribution in [1.29, 1.82) is 0 Å². The van der Waals surface area contributed by atoms with Gasteiger partial charge in [-0.15, -0.1) is 0 Å². The maximum atomic E-state index is 4.20. The zero-order chi connectivity index (χ0) is 14.2. The molecule has 0 radical (unpaired) electrons. The molecule has 0 spiro atoms. The van der Waals surface area contributed by atoms with Crippen LogP contribution >= 0.6 is 0 Å². The van der Waals surface area contributed by atoms with Crippen LogP contribution in [0.2, 0.25) is 0 Å². The van der Waals surface area contributed by atoms with Crippen molar-refractivity contribution in [3.05, 3.63) is 0 Å². The highest BCUT2D eigenvalue weighted by atomic mass is 15.0. The molecule has 5 aliphatic rings. The Kier molecular flexibility index (Phi) is 4.31. The van der Waals surface area contributed by atoms with Crippen LogP contribution in [0.3, 0.4) is 0 Å². The number of hydrogen-bond acceptors (Lipinski definition) is 1. The minimum absolute atomic E-state index is 0.856. The van der Waals surface area contributed by atoms with Crippen molar-refractivity contribution in [2.45, 2.75) is 96.1 Å². The van der Waals surface area contributed by atoms with Crippen molar-refractivity contribution in [3.8, 4) is 0 Å². The standard InChI is InChI=1S/C20H35N/c1-2-4-14-5-3-6-19(8-7-14)21-20-17-10-15-9-16(12-17)13-18(20)11-15/h14-21H,2-13H2,1H3. The third-order valence-electron chi connectivity index (χ3n) is 7.44. The van der Waals surface area contributed by atoms with E-state index in [1.165, 1.54) is 44.9 Å². The van der Waals surface area contributed by atoms with Crippen LogP contribution in [0, 0.1) is 29.6 Å². The molecule has 1 N–H and O–H groups in total. The van der Waals surface area contributed by atoms with Crippen molar-refractivity contribution < 1.29 is 0 Å². The lowest BCUT2D eigenvalue weighted by atomic mass is 9.54. The highest BCUT2D eigenvalue weighted by Gasteiger charge is 2.48. The molecule has 5 fully saturated rings. The first kappa shape index (κ1) is 14.5. The molecule has 0 aromatic carbocycles. The topological polar surface area (TPSA) is 12.0 Å². The molecule has 4 bridgehead atoms. The molecular formula is C20H35N. The van der Waals surface area contributed by atoms with Gasteiger partial charge in [0.1, 0.15) is 0 Å². The van der Waals surface area contributed by atoms with Gasteiger partial charge in [0.05, 0.1) is 0 Å². The summed E-state index contributed by atoms with van der Waals surface area (Å²) in [4.78, 5) is 0. The van der Waals surface area contributed by atoms with Gasteiger partial charge in [0.15, 0.2) is 0 Å². The largest absolute Gasteiger partial charge is 0.311 e. The number of nitrogens with one attached hydrogen (secondary N) is 1. The van der Waals surface area contributed by atoms with E-state index in [0.29, 0.717) is 0 Å². The molecule has 21 heavy (non-hydrogen) atoms. The van der Waals surface area contributed by atoms with Crippen LogP contribution in [0.5, 0.6) is 0 Å². The lowest BCUT2D eigenvalue weighted by molar-refractivity contribution is -0.0183. The Balaban J connectivity index is 1.34. The Morgan fingerprint density at radius 2 is 1.52 bits per heavy atom. The molecule has 0 saturated heterocycles. The van der Waals surface area contributed by atoms with Crippen molar-refractivity contribution in [3.63, 3.8) is 0 Å². The fourth-order valence-corrected chi connectivity index (χ4v) is 6.71. The SMILES string of the molecule is CCCC1CCCC(NC2C3CC4CC(C3)CC2C4)CC1. The van der Waals surface area contributed by atoms with Gasteiger partial charge in [0.25, 0.3) is 0 Å². The number of rotatable bonds is 4. The smallest absolute Gasteiger partial charge is 0.0127 e. The number of hydrogen-bond donors (Lipinski definition) is 1. The fraction of sp³-hybridized carbons (Fsp3) is 1.00. The van der Waals surface area contributed by atoms with E-state index in [2.05, 4.69) is 12.2 Å². The molecule has 120 valence electrons. The average molecular weight is 290 g/mol. The van der Waals surface area contributed by atoms with E-state index in [0.717, 1.165) is 41.7 Å². The Morgan fingerprint density at radius 1 is 0.810 bits per heavy atom. The molecule has 2 unspecified atom stereocenters. The Morgan fingerprint density at radius 3 is 2.19 bits per heavy atom. The van der Waals surface area contributed by atoms with Crippen LogP contribution in [0.4, 0.5) is 0 Å². The summed E-state index contributed by atoms with van der Waals surface area (Å²) in [5, 5.41) is 4.20. The zero-order valence-electron chi connectivity index (χ0n) is 14.0. The maximum Gasteiger partial charge on any atom is 0.0127 e. The van der Waals surface area contributed by atoms with Gasteiger partial charge in [-0.3, -0.25) is 0 Å². The predicted molar refractivity (Wildman–Crippen MR) is 89.2 cm³/mol. The lowest BCUT2D eigenvalue weighted by Crippen LogP contribution is -2.56. The van der Waals surface area contributed by atoms with Crippen molar-refractivity contribution in [2.75, 3.05) is 0 Å². The van der Waals surface area contributed by atoms with Gasteiger partial charge in [0.2, 0.25) is 0 Å². The Hall–Kier alpha value is -0.0400. The van der Waals surface area contributed by atoms with E-state index in [1.807, 2.05) is 0 Å². The molecular weight excluding hydrogens is 254 g/mol. The van der Waals surface area contributed by atoms with Crippen LogP contribution in [-0.2, 0) is 0 Å². The van der Waals surface area contributed by atoms with Crippen LogP contribution in [0.1, 0.15) is 84.0 Å². The van der Waals surface area contributed by atoms with Crippen LogP contribution < -0.4 is 5.32 Å². The molecule has 2 atom stereocenters. The molecule has 1 nitrogen and oxygen atoms in total. The summed E-state index contributed by atoms with van der Waals surface area (Å²) < 4.78 is 0. The highest BCUT2D eigenvalue weighted by molar-refractivity contribution is 5.02. The first-order chi connectivity index (χ1) is 10.3. The summed E-state index contributed by atoms with van der Waals surface area (Å²) in [5.74, 6) is 5.38. The van der Waals surface area contributed by atoms with Crippen LogP contribution in [-0.4, -0.2) is 12.1 Å². The summed E-state index contributed by atoms with van der Waals surface area (Å²) in [5.41, 5.74) is 0. The molecule has 0 amide bonds. The molecule has 1 heteroatoms. The van der Waals surface area contributed by atoms with Crippen LogP contribution in [0.15, 0.2) is 0 Å². The van der Waals surface area contributed by atoms with Gasteiger partial charge in [-0.1, -0.05) is 32.6 Å². The maximum absolute atomic E-state index is 4.20. The summed E-state index contributed by atoms with van der Waals surface area (Å²) in [6.07, 6.45) is 18.1. The van der Waals surface area contributed by atoms with E-state index in [4.69, 9.17) is 0 Å². The van der Waals surface area contributed by atoms with Gasteiger partial charge in [-0.2, -0.15) is 0 Å². The van der Waals surface area contributed by atoms with Crippen molar-refractivity contribution >= 4 is 0 Å².